The normalized spacial score (nSPS) is 12.7. The van der Waals surface area contributed by atoms with Crippen LogP contribution in [0.2, 0.25) is 0 Å². The molecule has 0 saturated heterocycles. The fourth-order valence-electron chi connectivity index (χ4n) is 6.51. The lowest BCUT2D eigenvalue weighted by atomic mass is 9.83. The van der Waals surface area contributed by atoms with E-state index in [1.165, 1.54) is 0 Å². The number of nitrogens with one attached hydrogen (secondary N) is 1. The van der Waals surface area contributed by atoms with Gasteiger partial charge in [0.2, 0.25) is 10.0 Å². The molecule has 0 aromatic heterocycles. The van der Waals surface area contributed by atoms with Crippen LogP contribution in [-0.4, -0.2) is 8.42 Å². The molecule has 3 N–H and O–H groups in total. The SMILES string of the molecule is N[C@@H](c1ccccc1)[C@@H](NS(=O)(=O)c1cc(-c2ccccc2)c(-c2ccccc2)c(-c2ccccc2)c1-c1ccccc1)c1ccccc1. The second-order valence-electron chi connectivity index (χ2n) is 12.0. The van der Waals surface area contributed by atoms with Gasteiger partial charge < -0.3 is 5.73 Å². The number of rotatable bonds is 10. The summed E-state index contributed by atoms with van der Waals surface area (Å²) in [6.07, 6.45) is 0. The molecule has 0 bridgehead atoms. The number of hydrogen-bond acceptors (Lipinski definition) is 3. The van der Waals surface area contributed by atoms with Gasteiger partial charge in [0.1, 0.15) is 0 Å². The van der Waals surface area contributed by atoms with Gasteiger partial charge in [0.05, 0.1) is 17.0 Å². The minimum Gasteiger partial charge on any atom is -0.322 e. The lowest BCUT2D eigenvalue weighted by Gasteiger charge is -2.28. The lowest BCUT2D eigenvalue weighted by molar-refractivity contribution is 0.504. The summed E-state index contributed by atoms with van der Waals surface area (Å²) in [5, 5.41) is 0. The molecule has 0 aliphatic rings. The highest BCUT2D eigenvalue weighted by molar-refractivity contribution is 7.89. The number of hydrogen-bond donors (Lipinski definition) is 2. The van der Waals surface area contributed by atoms with E-state index in [1.54, 1.807) is 0 Å². The van der Waals surface area contributed by atoms with Gasteiger partial charge in [-0.2, -0.15) is 0 Å². The fourth-order valence-corrected chi connectivity index (χ4v) is 8.02. The first-order chi connectivity index (χ1) is 24.0. The van der Waals surface area contributed by atoms with Gasteiger partial charge in [0.15, 0.2) is 0 Å². The van der Waals surface area contributed by atoms with Crippen LogP contribution in [0.5, 0.6) is 0 Å². The van der Waals surface area contributed by atoms with Crippen LogP contribution in [0.4, 0.5) is 0 Å². The van der Waals surface area contributed by atoms with E-state index in [0.29, 0.717) is 5.56 Å². The van der Waals surface area contributed by atoms with Gasteiger partial charge in [-0.25, -0.2) is 13.1 Å². The maximum atomic E-state index is 15.2. The molecule has 7 rings (SSSR count). The smallest absolute Gasteiger partial charge is 0.241 e. The first kappa shape index (κ1) is 32.0. The first-order valence-corrected chi connectivity index (χ1v) is 17.8. The molecule has 7 aromatic rings. The summed E-state index contributed by atoms with van der Waals surface area (Å²) in [4.78, 5) is 0.178. The van der Waals surface area contributed by atoms with E-state index in [2.05, 4.69) is 16.9 Å². The monoisotopic (exact) mass is 656 g/mol. The van der Waals surface area contributed by atoms with E-state index in [1.807, 2.05) is 176 Å². The topological polar surface area (TPSA) is 72.2 Å². The minimum atomic E-state index is -4.23. The van der Waals surface area contributed by atoms with Crippen molar-refractivity contribution in [1.82, 2.24) is 4.72 Å². The fraction of sp³-hybridized carbons (Fsp3) is 0.0455. The molecule has 5 heteroatoms. The molecule has 0 spiro atoms. The largest absolute Gasteiger partial charge is 0.322 e. The van der Waals surface area contributed by atoms with Crippen molar-refractivity contribution < 1.29 is 8.42 Å². The van der Waals surface area contributed by atoms with Gasteiger partial charge in [-0.15, -0.1) is 0 Å². The van der Waals surface area contributed by atoms with Crippen molar-refractivity contribution in [2.45, 2.75) is 17.0 Å². The van der Waals surface area contributed by atoms with Crippen molar-refractivity contribution in [2.75, 3.05) is 0 Å². The minimum absolute atomic E-state index is 0.178. The van der Waals surface area contributed by atoms with E-state index in [0.717, 1.165) is 50.1 Å². The molecule has 0 heterocycles. The van der Waals surface area contributed by atoms with Crippen molar-refractivity contribution in [1.29, 1.82) is 0 Å². The van der Waals surface area contributed by atoms with Crippen LogP contribution in [0, 0.1) is 0 Å². The Morgan fingerprint density at radius 3 is 1.27 bits per heavy atom. The maximum Gasteiger partial charge on any atom is 0.241 e. The Morgan fingerprint density at radius 2 is 0.796 bits per heavy atom. The molecule has 0 fully saturated rings. The average Bonchev–Trinajstić information content (AvgIpc) is 3.18. The lowest BCUT2D eigenvalue weighted by Crippen LogP contribution is -2.36. The summed E-state index contributed by atoms with van der Waals surface area (Å²) in [6.45, 7) is 0. The third kappa shape index (κ3) is 6.73. The number of nitrogens with two attached hydrogens (primary N) is 1. The average molecular weight is 657 g/mol. The molecule has 0 aliphatic carbocycles. The van der Waals surface area contributed by atoms with Gasteiger partial charge in [0, 0.05) is 5.56 Å². The standard InChI is InChI=1S/C44H36N2O2S/c45-43(36-27-15-5-16-28-36)44(37-29-17-6-18-30-37)46-49(47,48)39-31-38(32-19-7-1-8-20-32)40(33-21-9-2-10-22-33)42(35-25-13-4-14-26-35)41(39)34-23-11-3-12-24-34/h1-31,43-44,46H,45H2/t43-,44-/m0/s1. The van der Waals surface area contributed by atoms with Crippen LogP contribution in [0.3, 0.4) is 0 Å². The summed E-state index contributed by atoms with van der Waals surface area (Å²) >= 11 is 0. The van der Waals surface area contributed by atoms with Crippen LogP contribution in [0.15, 0.2) is 193 Å². The van der Waals surface area contributed by atoms with E-state index in [4.69, 9.17) is 5.73 Å². The molecule has 0 unspecified atom stereocenters. The molecule has 240 valence electrons. The Kier molecular flexibility index (Phi) is 9.31. The van der Waals surface area contributed by atoms with E-state index in [9.17, 15) is 0 Å². The summed E-state index contributed by atoms with van der Waals surface area (Å²) in [6, 6.07) is 59.6. The van der Waals surface area contributed by atoms with Gasteiger partial charge in [-0.3, -0.25) is 0 Å². The van der Waals surface area contributed by atoms with Gasteiger partial charge in [-0.05, 0) is 56.1 Å². The van der Waals surface area contributed by atoms with E-state index in [-0.39, 0.29) is 4.90 Å². The third-order valence-corrected chi connectivity index (χ3v) is 10.3. The Bertz CT molecular complexity index is 2250. The molecule has 4 nitrogen and oxygen atoms in total. The van der Waals surface area contributed by atoms with Crippen LogP contribution in [0.25, 0.3) is 44.5 Å². The zero-order chi connectivity index (χ0) is 33.6. The maximum absolute atomic E-state index is 15.2. The highest BCUT2D eigenvalue weighted by Gasteiger charge is 2.32. The Labute approximate surface area is 288 Å². The van der Waals surface area contributed by atoms with Gasteiger partial charge in [-0.1, -0.05) is 182 Å². The summed E-state index contributed by atoms with van der Waals surface area (Å²) in [7, 11) is -4.23. The van der Waals surface area contributed by atoms with Crippen molar-refractivity contribution in [2.24, 2.45) is 5.73 Å². The predicted molar refractivity (Wildman–Crippen MR) is 201 cm³/mol. The van der Waals surface area contributed by atoms with Crippen LogP contribution in [-0.2, 0) is 10.0 Å². The van der Waals surface area contributed by atoms with E-state index < -0.39 is 22.1 Å². The van der Waals surface area contributed by atoms with Crippen molar-refractivity contribution in [3.05, 3.63) is 199 Å². The predicted octanol–water partition coefficient (Wildman–Crippen LogP) is 10.1. The van der Waals surface area contributed by atoms with Gasteiger partial charge >= 0.3 is 0 Å². The van der Waals surface area contributed by atoms with Gasteiger partial charge in [0.25, 0.3) is 0 Å². The second-order valence-corrected chi connectivity index (χ2v) is 13.6. The van der Waals surface area contributed by atoms with Crippen LogP contribution < -0.4 is 10.5 Å². The summed E-state index contributed by atoms with van der Waals surface area (Å²) in [5.74, 6) is 0. The molecular weight excluding hydrogens is 621 g/mol. The number of benzene rings is 7. The Balaban J connectivity index is 1.55. The molecule has 0 amide bonds. The zero-order valence-electron chi connectivity index (χ0n) is 26.9. The van der Waals surface area contributed by atoms with Crippen molar-refractivity contribution in [3.8, 4) is 44.5 Å². The zero-order valence-corrected chi connectivity index (χ0v) is 27.7. The Morgan fingerprint density at radius 1 is 0.429 bits per heavy atom. The molecule has 7 aromatic carbocycles. The third-order valence-electron chi connectivity index (χ3n) is 8.84. The van der Waals surface area contributed by atoms with Crippen LogP contribution in [0.1, 0.15) is 23.2 Å². The summed E-state index contributed by atoms with van der Waals surface area (Å²) in [5.41, 5.74) is 15.4. The Hall–Kier alpha value is -5.59. The number of sulfonamides is 1. The summed E-state index contributed by atoms with van der Waals surface area (Å²) < 4.78 is 33.5. The molecule has 0 aliphatic heterocycles. The van der Waals surface area contributed by atoms with Crippen molar-refractivity contribution >= 4 is 10.0 Å². The quantitative estimate of drug-likeness (QED) is 0.154. The molecule has 2 atom stereocenters. The highest BCUT2D eigenvalue weighted by Crippen LogP contribution is 2.49. The molecular formula is C44H36N2O2S. The molecule has 0 saturated carbocycles. The van der Waals surface area contributed by atoms with E-state index >= 15 is 8.42 Å². The first-order valence-electron chi connectivity index (χ1n) is 16.3. The van der Waals surface area contributed by atoms with Crippen molar-refractivity contribution in [3.63, 3.8) is 0 Å². The highest BCUT2D eigenvalue weighted by atomic mass is 32.2. The second kappa shape index (κ2) is 14.3. The molecule has 0 radical (unpaired) electrons. The van der Waals surface area contributed by atoms with Crippen LogP contribution >= 0.6 is 0 Å². The molecule has 49 heavy (non-hydrogen) atoms.